The molecule has 0 saturated heterocycles. The topological polar surface area (TPSA) is 24.9 Å². The van der Waals surface area contributed by atoms with Gasteiger partial charge in [0.2, 0.25) is 0 Å². The first-order chi connectivity index (χ1) is 8.69. The highest BCUT2D eigenvalue weighted by Crippen LogP contribution is 2.32. The van der Waals surface area contributed by atoms with E-state index in [1.165, 1.54) is 11.3 Å². The molecule has 0 bridgehead atoms. The van der Waals surface area contributed by atoms with E-state index in [1.54, 1.807) is 0 Å². The summed E-state index contributed by atoms with van der Waals surface area (Å²) in [4.78, 5) is 4.69. The van der Waals surface area contributed by atoms with Crippen molar-refractivity contribution in [1.82, 2.24) is 4.98 Å². The second-order valence-electron chi connectivity index (χ2n) is 4.47. The van der Waals surface area contributed by atoms with Crippen LogP contribution in [0.2, 0.25) is 5.02 Å². The van der Waals surface area contributed by atoms with E-state index < -0.39 is 0 Å². The molecule has 0 aliphatic carbocycles. The lowest BCUT2D eigenvalue weighted by molar-refractivity contribution is 0.970. The molecule has 0 fully saturated rings. The summed E-state index contributed by atoms with van der Waals surface area (Å²) in [6.07, 6.45) is 2.03. The number of rotatable bonds is 4. The summed E-state index contributed by atoms with van der Waals surface area (Å²) >= 11 is 6.25. The van der Waals surface area contributed by atoms with Crippen molar-refractivity contribution in [2.75, 3.05) is 11.9 Å². The van der Waals surface area contributed by atoms with E-state index in [9.17, 15) is 0 Å². The maximum Gasteiger partial charge on any atom is 0.0912 e. The Bertz CT molecular complexity index is 564. The minimum atomic E-state index is 0.724. The van der Waals surface area contributed by atoms with E-state index >= 15 is 0 Å². The van der Waals surface area contributed by atoms with Crippen LogP contribution in [0, 0.1) is 6.92 Å². The van der Waals surface area contributed by atoms with Gasteiger partial charge in [0.05, 0.1) is 10.5 Å². The number of aromatic nitrogens is 1. The zero-order valence-corrected chi connectivity index (χ0v) is 11.9. The van der Waals surface area contributed by atoms with Gasteiger partial charge in [-0.25, -0.2) is 0 Å². The molecular formula is C15H19ClN2. The van der Waals surface area contributed by atoms with E-state index in [1.807, 2.05) is 12.1 Å². The molecule has 1 heterocycles. The number of pyridine rings is 1. The Morgan fingerprint density at radius 3 is 2.72 bits per heavy atom. The molecule has 1 N–H and O–H groups in total. The number of nitrogens with zero attached hydrogens (tertiary/aromatic N) is 1. The second-order valence-corrected chi connectivity index (χ2v) is 4.88. The molecule has 0 radical (unpaired) electrons. The summed E-state index contributed by atoms with van der Waals surface area (Å²) in [6.45, 7) is 7.39. The zero-order chi connectivity index (χ0) is 13.1. The number of benzene rings is 1. The number of hydrogen-bond acceptors (Lipinski definition) is 2. The number of anilines is 1. The molecule has 0 atom stereocenters. The average molecular weight is 263 g/mol. The molecule has 0 aliphatic rings. The second kappa shape index (κ2) is 5.57. The van der Waals surface area contributed by atoms with Crippen molar-refractivity contribution < 1.29 is 0 Å². The lowest BCUT2D eigenvalue weighted by Crippen LogP contribution is -2.06. The molecule has 0 unspecified atom stereocenters. The molecule has 0 spiro atoms. The van der Waals surface area contributed by atoms with Crippen molar-refractivity contribution >= 4 is 28.2 Å². The summed E-state index contributed by atoms with van der Waals surface area (Å²) in [5.74, 6) is 0. The van der Waals surface area contributed by atoms with Crippen molar-refractivity contribution in [3.63, 3.8) is 0 Å². The fourth-order valence-electron chi connectivity index (χ4n) is 2.22. The summed E-state index contributed by atoms with van der Waals surface area (Å²) in [6, 6.07) is 5.96. The first-order valence-corrected chi connectivity index (χ1v) is 6.88. The first kappa shape index (κ1) is 13.2. The Kier molecular flexibility index (Phi) is 4.07. The fraction of sp³-hybridized carbons (Fsp3) is 0.400. The molecule has 2 rings (SSSR count). The van der Waals surface area contributed by atoms with Crippen LogP contribution in [0.25, 0.3) is 10.9 Å². The predicted molar refractivity (Wildman–Crippen MR) is 79.6 cm³/mol. The monoisotopic (exact) mass is 262 g/mol. The number of nitrogens with one attached hydrogen (secondary N) is 1. The molecule has 2 aromatic rings. The van der Waals surface area contributed by atoms with Crippen LogP contribution in [0.1, 0.15) is 31.5 Å². The Hall–Kier alpha value is -1.28. The summed E-state index contributed by atoms with van der Waals surface area (Å²) in [5.41, 5.74) is 4.44. The summed E-state index contributed by atoms with van der Waals surface area (Å²) in [7, 11) is 0. The van der Waals surface area contributed by atoms with Crippen molar-refractivity contribution in [3.05, 3.63) is 34.5 Å². The Morgan fingerprint density at radius 2 is 2.06 bits per heavy atom. The highest BCUT2D eigenvalue weighted by atomic mass is 35.5. The van der Waals surface area contributed by atoms with Gasteiger partial charge in [0, 0.05) is 23.3 Å². The van der Waals surface area contributed by atoms with Gasteiger partial charge in [0.15, 0.2) is 0 Å². The smallest absolute Gasteiger partial charge is 0.0912 e. The van der Waals surface area contributed by atoms with Gasteiger partial charge in [0.1, 0.15) is 0 Å². The summed E-state index contributed by atoms with van der Waals surface area (Å²) in [5, 5.41) is 5.35. The first-order valence-electron chi connectivity index (χ1n) is 6.50. The molecule has 2 nitrogen and oxygen atoms in total. The molecule has 96 valence electrons. The number of fused-ring (bicyclic) bond motifs is 1. The maximum atomic E-state index is 6.25. The minimum absolute atomic E-state index is 0.724. The molecule has 1 aromatic carbocycles. The minimum Gasteiger partial charge on any atom is -0.384 e. The van der Waals surface area contributed by atoms with Crippen LogP contribution in [-0.2, 0) is 6.42 Å². The van der Waals surface area contributed by atoms with Gasteiger partial charge in [-0.1, -0.05) is 37.6 Å². The lowest BCUT2D eigenvalue weighted by Gasteiger charge is -2.15. The molecule has 3 heteroatoms. The predicted octanol–water partition coefficient (Wildman–Crippen LogP) is 4.58. The lowest BCUT2D eigenvalue weighted by atomic mass is 10.1. The van der Waals surface area contributed by atoms with Crippen molar-refractivity contribution in [2.45, 2.75) is 33.6 Å². The van der Waals surface area contributed by atoms with Crippen LogP contribution >= 0.6 is 11.6 Å². The highest BCUT2D eigenvalue weighted by molar-refractivity contribution is 6.35. The Balaban J connectivity index is 2.70. The zero-order valence-electron chi connectivity index (χ0n) is 11.2. The highest BCUT2D eigenvalue weighted by Gasteiger charge is 2.11. The maximum absolute atomic E-state index is 6.25. The molecule has 0 aliphatic heterocycles. The Morgan fingerprint density at radius 1 is 1.28 bits per heavy atom. The molecular weight excluding hydrogens is 244 g/mol. The van der Waals surface area contributed by atoms with Gasteiger partial charge >= 0.3 is 0 Å². The number of para-hydroxylation sites is 1. The van der Waals surface area contributed by atoms with Gasteiger partial charge in [0.25, 0.3) is 0 Å². The fourth-order valence-corrected chi connectivity index (χ4v) is 2.43. The van der Waals surface area contributed by atoms with Crippen molar-refractivity contribution in [3.8, 4) is 0 Å². The molecule has 0 saturated carbocycles. The quantitative estimate of drug-likeness (QED) is 0.872. The van der Waals surface area contributed by atoms with E-state index in [0.717, 1.165) is 41.0 Å². The van der Waals surface area contributed by atoms with E-state index in [2.05, 4.69) is 37.1 Å². The summed E-state index contributed by atoms with van der Waals surface area (Å²) < 4.78 is 0. The van der Waals surface area contributed by atoms with Gasteiger partial charge < -0.3 is 5.32 Å². The Labute approximate surface area is 113 Å². The number of halogens is 1. The van der Waals surface area contributed by atoms with Crippen LogP contribution < -0.4 is 5.32 Å². The van der Waals surface area contributed by atoms with Crippen LogP contribution in [-0.4, -0.2) is 11.5 Å². The third-order valence-corrected chi connectivity index (χ3v) is 3.50. The van der Waals surface area contributed by atoms with Gasteiger partial charge in [-0.2, -0.15) is 0 Å². The van der Waals surface area contributed by atoms with Crippen LogP contribution in [0.5, 0.6) is 0 Å². The van der Waals surface area contributed by atoms with Crippen LogP contribution in [0.15, 0.2) is 18.2 Å². The van der Waals surface area contributed by atoms with E-state index in [-0.39, 0.29) is 0 Å². The molecule has 0 amide bonds. The van der Waals surface area contributed by atoms with Crippen LogP contribution in [0.3, 0.4) is 0 Å². The van der Waals surface area contributed by atoms with E-state index in [4.69, 9.17) is 11.6 Å². The van der Waals surface area contributed by atoms with Gasteiger partial charge in [-0.15, -0.1) is 0 Å². The molecule has 18 heavy (non-hydrogen) atoms. The third-order valence-electron chi connectivity index (χ3n) is 3.20. The number of aryl methyl sites for hydroxylation is 1. The largest absolute Gasteiger partial charge is 0.384 e. The van der Waals surface area contributed by atoms with Crippen LogP contribution in [0.4, 0.5) is 5.69 Å². The third kappa shape index (κ3) is 2.30. The van der Waals surface area contributed by atoms with Gasteiger partial charge in [-0.3, -0.25) is 4.98 Å². The van der Waals surface area contributed by atoms with E-state index in [0.29, 0.717) is 0 Å². The standard InChI is InChI=1S/C15H19ClN2/c1-4-9-17-14-10(3)13(5-2)18-15-11(14)7-6-8-12(15)16/h6-8H,4-5,9H2,1-3H3,(H,17,18). The van der Waals surface area contributed by atoms with Crippen molar-refractivity contribution in [1.29, 1.82) is 0 Å². The molecule has 1 aromatic heterocycles. The number of hydrogen-bond donors (Lipinski definition) is 1. The SMILES string of the molecule is CCCNc1c(C)c(CC)nc2c(Cl)cccc12. The average Bonchev–Trinajstić information content (AvgIpc) is 2.38. The van der Waals surface area contributed by atoms with Gasteiger partial charge in [-0.05, 0) is 31.4 Å². The van der Waals surface area contributed by atoms with Crippen molar-refractivity contribution in [2.24, 2.45) is 0 Å². The normalized spacial score (nSPS) is 10.9.